The van der Waals surface area contributed by atoms with E-state index in [0.717, 1.165) is 22.3 Å². The maximum Gasteiger partial charge on any atom is 0.188 e. The summed E-state index contributed by atoms with van der Waals surface area (Å²) in [6, 6.07) is 21.2. The highest BCUT2D eigenvalue weighted by molar-refractivity contribution is 5.78. The van der Waals surface area contributed by atoms with Gasteiger partial charge in [-0.15, -0.1) is 0 Å². The molecule has 0 radical (unpaired) electrons. The van der Waals surface area contributed by atoms with Gasteiger partial charge in [-0.2, -0.15) is 0 Å². The molecule has 1 unspecified atom stereocenters. The lowest BCUT2D eigenvalue weighted by Gasteiger charge is -2.25. The van der Waals surface area contributed by atoms with E-state index < -0.39 is 6.10 Å². The van der Waals surface area contributed by atoms with Crippen molar-refractivity contribution in [3.05, 3.63) is 83.4 Å². The van der Waals surface area contributed by atoms with Gasteiger partial charge in [0.15, 0.2) is 13.6 Å². The summed E-state index contributed by atoms with van der Waals surface area (Å²) in [5, 5.41) is 11.5. The Hall–Kier alpha value is -2.90. The average Bonchev–Trinajstić information content (AvgIpc) is 2.85. The largest absolute Gasteiger partial charge is 0.467 e. The van der Waals surface area contributed by atoms with Crippen molar-refractivity contribution in [3.63, 3.8) is 0 Å². The Balaban J connectivity index is 2.29. The Kier molecular flexibility index (Phi) is 9.07. The van der Waals surface area contributed by atoms with Gasteiger partial charge in [-0.1, -0.05) is 60.7 Å². The minimum atomic E-state index is -0.908. The molecule has 0 bridgehead atoms. The molecule has 170 valence electrons. The van der Waals surface area contributed by atoms with E-state index >= 15 is 0 Å². The minimum Gasteiger partial charge on any atom is -0.467 e. The number of hydrogen-bond donors (Lipinski definition) is 1. The fourth-order valence-electron chi connectivity index (χ4n) is 3.67. The van der Waals surface area contributed by atoms with Crippen molar-refractivity contribution >= 4 is 0 Å². The van der Waals surface area contributed by atoms with Crippen LogP contribution in [0.1, 0.15) is 22.8 Å². The molecule has 0 fully saturated rings. The molecule has 3 aromatic rings. The normalized spacial score (nSPS) is 11.9. The fraction of sp³-hybridized carbons (Fsp3) is 0.308. The van der Waals surface area contributed by atoms with Gasteiger partial charge in [0.25, 0.3) is 0 Å². The lowest BCUT2D eigenvalue weighted by Crippen LogP contribution is -2.13. The predicted octanol–water partition coefficient (Wildman–Crippen LogP) is 4.59. The van der Waals surface area contributed by atoms with Crippen LogP contribution in [0, 0.1) is 0 Å². The van der Waals surface area contributed by atoms with Crippen LogP contribution < -0.4 is 9.47 Å². The second kappa shape index (κ2) is 12.2. The highest BCUT2D eigenvalue weighted by Gasteiger charge is 2.26. The molecule has 0 aliphatic heterocycles. The number of aliphatic hydroxyl groups is 1. The summed E-state index contributed by atoms with van der Waals surface area (Å²) in [5.74, 6) is 1.08. The third kappa shape index (κ3) is 5.66. The Morgan fingerprint density at radius 1 is 0.750 bits per heavy atom. The monoisotopic (exact) mass is 438 g/mol. The van der Waals surface area contributed by atoms with Crippen LogP contribution >= 0.6 is 0 Å². The summed E-state index contributed by atoms with van der Waals surface area (Å²) in [5.41, 5.74) is 4.14. The van der Waals surface area contributed by atoms with Crippen molar-refractivity contribution in [1.82, 2.24) is 0 Å². The van der Waals surface area contributed by atoms with E-state index in [1.807, 2.05) is 60.7 Å². The van der Waals surface area contributed by atoms with E-state index in [1.165, 1.54) is 0 Å². The number of hydrogen-bond acceptors (Lipinski definition) is 6. The van der Waals surface area contributed by atoms with E-state index in [4.69, 9.17) is 23.7 Å². The van der Waals surface area contributed by atoms with Crippen LogP contribution in [0.3, 0.4) is 0 Å². The van der Waals surface area contributed by atoms with E-state index in [2.05, 4.69) is 0 Å². The average molecular weight is 439 g/mol. The third-order valence-corrected chi connectivity index (χ3v) is 5.07. The van der Waals surface area contributed by atoms with Crippen molar-refractivity contribution < 1.29 is 28.8 Å². The molecule has 3 aromatic carbocycles. The fourth-order valence-corrected chi connectivity index (χ4v) is 3.67. The third-order valence-electron chi connectivity index (χ3n) is 5.07. The lowest BCUT2D eigenvalue weighted by molar-refractivity contribution is 0.0445. The topological polar surface area (TPSA) is 66.4 Å². The van der Waals surface area contributed by atoms with E-state index in [1.54, 1.807) is 27.4 Å². The molecule has 0 aliphatic carbocycles. The summed E-state index contributed by atoms with van der Waals surface area (Å²) in [6.45, 7) is 0.576. The van der Waals surface area contributed by atoms with Crippen LogP contribution in [0.15, 0.2) is 66.7 Å². The van der Waals surface area contributed by atoms with Gasteiger partial charge in [-0.25, -0.2) is 0 Å². The first-order valence-electron chi connectivity index (χ1n) is 10.4. The molecule has 6 heteroatoms. The zero-order valence-corrected chi connectivity index (χ0v) is 18.7. The Labute approximate surface area is 189 Å². The van der Waals surface area contributed by atoms with E-state index in [-0.39, 0.29) is 13.6 Å². The zero-order valence-electron chi connectivity index (χ0n) is 18.7. The predicted molar refractivity (Wildman–Crippen MR) is 123 cm³/mol. The van der Waals surface area contributed by atoms with Gasteiger partial charge in [0.05, 0.1) is 6.61 Å². The molecule has 0 saturated carbocycles. The summed E-state index contributed by atoms with van der Waals surface area (Å²) in [4.78, 5) is 0. The minimum absolute atomic E-state index is 0.0344. The van der Waals surface area contributed by atoms with Gasteiger partial charge in [-0.3, -0.25) is 0 Å². The van der Waals surface area contributed by atoms with Crippen molar-refractivity contribution in [3.8, 4) is 22.6 Å². The van der Waals surface area contributed by atoms with Crippen molar-refractivity contribution in [2.45, 2.75) is 12.5 Å². The van der Waals surface area contributed by atoms with Crippen LogP contribution in [-0.2, 0) is 20.6 Å². The number of rotatable bonds is 12. The first-order valence-corrected chi connectivity index (χ1v) is 10.4. The van der Waals surface area contributed by atoms with Gasteiger partial charge in [0.1, 0.15) is 17.6 Å². The van der Waals surface area contributed by atoms with E-state index in [0.29, 0.717) is 30.1 Å². The standard InChI is InChI=1S/C26H30O6/c1-28-15-14-21-24(19-10-6-4-7-11-19)22(31-17-29-2)16-23(32-18-30-3)25(21)26(27)20-12-8-5-9-13-20/h4-13,16,26-27H,14-15,17-18H2,1-3H3. The second-order valence-electron chi connectivity index (χ2n) is 7.16. The van der Waals surface area contributed by atoms with Crippen LogP contribution in [0.25, 0.3) is 11.1 Å². The smallest absolute Gasteiger partial charge is 0.188 e. The van der Waals surface area contributed by atoms with Crippen LogP contribution in [-0.4, -0.2) is 46.6 Å². The molecular weight excluding hydrogens is 408 g/mol. The second-order valence-corrected chi connectivity index (χ2v) is 7.16. The molecule has 32 heavy (non-hydrogen) atoms. The molecule has 0 saturated heterocycles. The van der Waals surface area contributed by atoms with Gasteiger partial charge in [-0.05, 0) is 23.1 Å². The van der Waals surface area contributed by atoms with Gasteiger partial charge in [0.2, 0.25) is 0 Å². The maximum absolute atomic E-state index is 11.5. The lowest BCUT2D eigenvalue weighted by atomic mass is 9.87. The van der Waals surface area contributed by atoms with Crippen LogP contribution in [0.2, 0.25) is 0 Å². The van der Waals surface area contributed by atoms with Crippen LogP contribution in [0.4, 0.5) is 0 Å². The summed E-state index contributed by atoms with van der Waals surface area (Å²) in [7, 11) is 4.78. The van der Waals surface area contributed by atoms with E-state index in [9.17, 15) is 5.11 Å². The molecule has 0 heterocycles. The van der Waals surface area contributed by atoms with Gasteiger partial charge in [0, 0.05) is 38.5 Å². The first-order chi connectivity index (χ1) is 15.7. The maximum atomic E-state index is 11.5. The summed E-state index contributed by atoms with van der Waals surface area (Å²) in [6.07, 6.45) is -0.359. The zero-order chi connectivity index (χ0) is 22.8. The Morgan fingerprint density at radius 3 is 1.94 bits per heavy atom. The number of aliphatic hydroxyl groups excluding tert-OH is 1. The molecule has 0 aromatic heterocycles. The van der Waals surface area contributed by atoms with Gasteiger partial charge < -0.3 is 28.8 Å². The molecular formula is C26H30O6. The Bertz CT molecular complexity index is 959. The number of ether oxygens (including phenoxy) is 5. The van der Waals surface area contributed by atoms with Crippen molar-refractivity contribution in [2.24, 2.45) is 0 Å². The van der Waals surface area contributed by atoms with Crippen molar-refractivity contribution in [1.29, 1.82) is 0 Å². The number of benzene rings is 3. The summed E-state index contributed by atoms with van der Waals surface area (Å²) >= 11 is 0. The molecule has 3 rings (SSSR count). The molecule has 1 atom stereocenters. The quantitative estimate of drug-likeness (QED) is 0.417. The molecule has 0 amide bonds. The SMILES string of the molecule is COCCc1c(-c2ccccc2)c(OCOC)cc(OCOC)c1C(O)c1ccccc1. The van der Waals surface area contributed by atoms with Crippen molar-refractivity contribution in [2.75, 3.05) is 41.5 Å². The van der Waals surface area contributed by atoms with Gasteiger partial charge >= 0.3 is 0 Å². The van der Waals surface area contributed by atoms with Crippen LogP contribution in [0.5, 0.6) is 11.5 Å². The Morgan fingerprint density at radius 2 is 1.34 bits per heavy atom. The highest BCUT2D eigenvalue weighted by atomic mass is 16.7. The number of methoxy groups -OCH3 is 3. The highest BCUT2D eigenvalue weighted by Crippen LogP contribution is 2.44. The molecule has 6 nitrogen and oxygen atoms in total. The molecule has 0 aliphatic rings. The molecule has 1 N–H and O–H groups in total. The molecule has 0 spiro atoms. The first kappa shape index (κ1) is 23.8. The summed E-state index contributed by atoms with van der Waals surface area (Å²) < 4.78 is 27.6.